The van der Waals surface area contributed by atoms with Crippen molar-refractivity contribution in [2.75, 3.05) is 13.1 Å². The van der Waals surface area contributed by atoms with Crippen LogP contribution in [0, 0.1) is 17.6 Å². The monoisotopic (exact) mass is 331 g/mol. The first-order chi connectivity index (χ1) is 8.99. The number of piperidine rings is 1. The van der Waals surface area contributed by atoms with Gasteiger partial charge in [0.25, 0.3) is 0 Å². The third-order valence-corrected chi connectivity index (χ3v) is 4.78. The Bertz CT molecular complexity index is 481. The van der Waals surface area contributed by atoms with Crippen LogP contribution in [0.4, 0.5) is 8.78 Å². The summed E-state index contributed by atoms with van der Waals surface area (Å²) >= 11 is 3.55. The fourth-order valence-electron chi connectivity index (χ4n) is 2.21. The zero-order valence-corrected chi connectivity index (χ0v) is 12.3. The lowest BCUT2D eigenvalue weighted by molar-refractivity contribution is -0.131. The number of halogens is 3. The SMILES string of the molecule is CC1CCN(C(=O)Cc2cccc(F)c2F)CC1Br. The zero-order valence-electron chi connectivity index (χ0n) is 10.7. The van der Waals surface area contributed by atoms with E-state index in [1.54, 1.807) is 4.90 Å². The number of likely N-dealkylation sites (tertiary alicyclic amines) is 1. The van der Waals surface area contributed by atoms with E-state index < -0.39 is 11.6 Å². The van der Waals surface area contributed by atoms with Crippen molar-refractivity contribution < 1.29 is 13.6 Å². The molecule has 1 aliphatic rings. The number of benzene rings is 1. The molecule has 2 atom stereocenters. The highest BCUT2D eigenvalue weighted by Crippen LogP contribution is 2.24. The average molecular weight is 332 g/mol. The predicted octanol–water partition coefficient (Wildman–Crippen LogP) is 3.14. The standard InChI is InChI=1S/C14H16BrF2NO/c1-9-5-6-18(8-11(9)15)13(19)7-10-3-2-4-12(16)14(10)17/h2-4,9,11H,5-8H2,1H3. The van der Waals surface area contributed by atoms with Crippen molar-refractivity contribution in [1.29, 1.82) is 0 Å². The van der Waals surface area contributed by atoms with Crippen molar-refractivity contribution in [3.8, 4) is 0 Å². The molecule has 1 aliphatic heterocycles. The Morgan fingerprint density at radius 2 is 2.21 bits per heavy atom. The normalized spacial score (nSPS) is 23.5. The van der Waals surface area contributed by atoms with Gasteiger partial charge in [-0.05, 0) is 18.4 Å². The van der Waals surface area contributed by atoms with E-state index in [1.165, 1.54) is 12.1 Å². The van der Waals surface area contributed by atoms with Gasteiger partial charge in [-0.25, -0.2) is 8.78 Å². The largest absolute Gasteiger partial charge is 0.341 e. The smallest absolute Gasteiger partial charge is 0.227 e. The average Bonchev–Trinajstić information content (AvgIpc) is 2.38. The van der Waals surface area contributed by atoms with Crippen molar-refractivity contribution >= 4 is 21.8 Å². The van der Waals surface area contributed by atoms with Crippen molar-refractivity contribution in [1.82, 2.24) is 4.90 Å². The maximum absolute atomic E-state index is 13.5. The fourth-order valence-corrected chi connectivity index (χ4v) is 2.82. The summed E-state index contributed by atoms with van der Waals surface area (Å²) in [5, 5.41) is 0. The molecule has 1 fully saturated rings. The van der Waals surface area contributed by atoms with Crippen molar-refractivity contribution in [2.24, 2.45) is 5.92 Å². The molecule has 1 amide bonds. The van der Waals surface area contributed by atoms with Gasteiger partial charge in [-0.3, -0.25) is 4.79 Å². The summed E-state index contributed by atoms with van der Waals surface area (Å²) in [4.78, 5) is 14.1. The summed E-state index contributed by atoms with van der Waals surface area (Å²) < 4.78 is 26.6. The van der Waals surface area contributed by atoms with Gasteiger partial charge >= 0.3 is 0 Å². The molecule has 19 heavy (non-hydrogen) atoms. The number of alkyl halides is 1. The van der Waals surface area contributed by atoms with Crippen LogP contribution in [0.3, 0.4) is 0 Å². The second-order valence-corrected chi connectivity index (χ2v) is 6.19. The first-order valence-electron chi connectivity index (χ1n) is 6.33. The molecular weight excluding hydrogens is 316 g/mol. The second kappa shape index (κ2) is 5.99. The number of hydrogen-bond donors (Lipinski definition) is 0. The first kappa shape index (κ1) is 14.4. The van der Waals surface area contributed by atoms with Gasteiger partial charge < -0.3 is 4.90 Å². The van der Waals surface area contributed by atoms with Gasteiger partial charge in [0.05, 0.1) is 6.42 Å². The van der Waals surface area contributed by atoms with Crippen molar-refractivity contribution in [3.63, 3.8) is 0 Å². The first-order valence-corrected chi connectivity index (χ1v) is 7.25. The Labute approximate surface area is 119 Å². The molecule has 1 aromatic carbocycles. The maximum atomic E-state index is 13.5. The lowest BCUT2D eigenvalue weighted by Gasteiger charge is -2.34. The van der Waals surface area contributed by atoms with E-state index in [-0.39, 0.29) is 22.7 Å². The van der Waals surface area contributed by atoms with Crippen LogP contribution in [0.25, 0.3) is 0 Å². The van der Waals surface area contributed by atoms with Crippen LogP contribution in [0.15, 0.2) is 18.2 Å². The molecule has 0 aliphatic carbocycles. The highest BCUT2D eigenvalue weighted by molar-refractivity contribution is 9.09. The van der Waals surface area contributed by atoms with E-state index in [1.807, 2.05) is 0 Å². The number of nitrogens with zero attached hydrogens (tertiary/aromatic N) is 1. The number of carbonyl (C=O) groups is 1. The molecular formula is C14H16BrF2NO. The molecule has 0 radical (unpaired) electrons. The van der Waals surface area contributed by atoms with Gasteiger partial charge in [0.2, 0.25) is 5.91 Å². The molecule has 2 nitrogen and oxygen atoms in total. The molecule has 0 aromatic heterocycles. The summed E-state index contributed by atoms with van der Waals surface area (Å²) in [5.41, 5.74) is 0.120. The molecule has 0 saturated carbocycles. The zero-order chi connectivity index (χ0) is 14.0. The summed E-state index contributed by atoms with van der Waals surface area (Å²) in [6.45, 7) is 3.43. The Hall–Kier alpha value is -0.970. The minimum atomic E-state index is -0.920. The summed E-state index contributed by atoms with van der Waals surface area (Å²) in [6, 6.07) is 3.93. The van der Waals surface area contributed by atoms with E-state index in [9.17, 15) is 13.6 Å². The molecule has 0 spiro atoms. The highest BCUT2D eigenvalue weighted by Gasteiger charge is 2.27. The summed E-state index contributed by atoms with van der Waals surface area (Å²) in [5.74, 6) is -1.46. The third kappa shape index (κ3) is 3.32. The van der Waals surface area contributed by atoms with Crippen LogP contribution < -0.4 is 0 Å². The van der Waals surface area contributed by atoms with Gasteiger partial charge in [0.1, 0.15) is 0 Å². The highest BCUT2D eigenvalue weighted by atomic mass is 79.9. The Morgan fingerprint density at radius 3 is 2.89 bits per heavy atom. The Kier molecular flexibility index (Phi) is 4.55. The lowest BCUT2D eigenvalue weighted by Crippen LogP contribution is -2.44. The molecule has 1 saturated heterocycles. The molecule has 0 N–H and O–H groups in total. The molecule has 0 bridgehead atoms. The second-order valence-electron chi connectivity index (χ2n) is 5.01. The van der Waals surface area contributed by atoms with E-state index in [0.717, 1.165) is 12.5 Å². The number of carbonyl (C=O) groups excluding carboxylic acids is 1. The van der Waals surface area contributed by atoms with Crippen LogP contribution >= 0.6 is 15.9 Å². The molecule has 2 rings (SSSR count). The number of rotatable bonds is 2. The lowest BCUT2D eigenvalue weighted by atomic mass is 9.98. The fraction of sp³-hybridized carbons (Fsp3) is 0.500. The van der Waals surface area contributed by atoms with Gasteiger partial charge in [-0.15, -0.1) is 0 Å². The van der Waals surface area contributed by atoms with E-state index in [2.05, 4.69) is 22.9 Å². The molecule has 1 heterocycles. The Morgan fingerprint density at radius 1 is 1.47 bits per heavy atom. The van der Waals surface area contributed by atoms with Crippen LogP contribution in [0.5, 0.6) is 0 Å². The van der Waals surface area contributed by atoms with Crippen LogP contribution in [0.2, 0.25) is 0 Å². The number of hydrogen-bond acceptors (Lipinski definition) is 1. The molecule has 104 valence electrons. The van der Waals surface area contributed by atoms with E-state index in [0.29, 0.717) is 19.0 Å². The van der Waals surface area contributed by atoms with Crippen LogP contribution in [-0.2, 0) is 11.2 Å². The van der Waals surface area contributed by atoms with Crippen molar-refractivity contribution in [2.45, 2.75) is 24.6 Å². The molecule has 5 heteroatoms. The van der Waals surface area contributed by atoms with E-state index in [4.69, 9.17) is 0 Å². The van der Waals surface area contributed by atoms with Crippen LogP contribution in [-0.4, -0.2) is 28.7 Å². The van der Waals surface area contributed by atoms with Gasteiger partial charge in [0.15, 0.2) is 11.6 Å². The minimum absolute atomic E-state index is 0.0856. The predicted molar refractivity (Wildman–Crippen MR) is 73.1 cm³/mol. The van der Waals surface area contributed by atoms with Gasteiger partial charge in [-0.1, -0.05) is 35.0 Å². The quantitative estimate of drug-likeness (QED) is 0.762. The topological polar surface area (TPSA) is 20.3 Å². The minimum Gasteiger partial charge on any atom is -0.341 e. The summed E-state index contributed by atoms with van der Waals surface area (Å²) in [7, 11) is 0. The third-order valence-electron chi connectivity index (χ3n) is 3.59. The van der Waals surface area contributed by atoms with E-state index >= 15 is 0 Å². The number of amides is 1. The maximum Gasteiger partial charge on any atom is 0.227 e. The Balaban J connectivity index is 2.03. The van der Waals surface area contributed by atoms with Crippen molar-refractivity contribution in [3.05, 3.63) is 35.4 Å². The molecule has 2 unspecified atom stereocenters. The van der Waals surface area contributed by atoms with Gasteiger partial charge in [0, 0.05) is 23.5 Å². The summed E-state index contributed by atoms with van der Waals surface area (Å²) in [6.07, 6.45) is 0.838. The van der Waals surface area contributed by atoms with Gasteiger partial charge in [-0.2, -0.15) is 0 Å². The molecule has 1 aromatic rings. The van der Waals surface area contributed by atoms with Crippen LogP contribution in [0.1, 0.15) is 18.9 Å².